The van der Waals surface area contributed by atoms with E-state index in [1.807, 2.05) is 31.3 Å². The molecule has 1 aromatic carbocycles. The third-order valence-corrected chi connectivity index (χ3v) is 4.85. The average Bonchev–Trinajstić information content (AvgIpc) is 2.39. The first kappa shape index (κ1) is 16.5. The summed E-state index contributed by atoms with van der Waals surface area (Å²) in [4.78, 5) is 13.8. The largest absolute Gasteiger partial charge is 0.341 e. The van der Waals surface area contributed by atoms with Crippen LogP contribution in [0.5, 0.6) is 0 Å². The highest BCUT2D eigenvalue weighted by atomic mass is 79.9. The van der Waals surface area contributed by atoms with Crippen LogP contribution in [0.15, 0.2) is 28.7 Å². The van der Waals surface area contributed by atoms with E-state index in [2.05, 4.69) is 22.9 Å². The molecular weight excluding hydrogens is 324 g/mol. The number of thioether (sulfide) groups is 1. The Morgan fingerprint density at radius 3 is 2.79 bits per heavy atom. The number of hydrogen-bond acceptors (Lipinski definition) is 3. The van der Waals surface area contributed by atoms with Gasteiger partial charge in [-0.1, -0.05) is 41.1 Å². The van der Waals surface area contributed by atoms with E-state index >= 15 is 0 Å². The molecule has 0 heterocycles. The summed E-state index contributed by atoms with van der Waals surface area (Å²) in [5.74, 6) is 0.673. The van der Waals surface area contributed by atoms with Gasteiger partial charge in [-0.25, -0.2) is 0 Å². The lowest BCUT2D eigenvalue weighted by atomic mass is 10.2. The molecule has 1 rings (SSSR count). The zero-order valence-electron chi connectivity index (χ0n) is 11.4. The second-order valence-electron chi connectivity index (χ2n) is 4.54. The van der Waals surface area contributed by atoms with Crippen molar-refractivity contribution in [1.82, 2.24) is 4.90 Å². The minimum atomic E-state index is 0.157. The van der Waals surface area contributed by atoms with Gasteiger partial charge in [0.1, 0.15) is 0 Å². The highest BCUT2D eigenvalue weighted by molar-refractivity contribution is 9.10. The molecule has 0 aliphatic carbocycles. The Morgan fingerprint density at radius 2 is 2.16 bits per heavy atom. The number of hydrogen-bond donors (Lipinski definition) is 1. The fourth-order valence-electron chi connectivity index (χ4n) is 1.61. The summed E-state index contributed by atoms with van der Waals surface area (Å²) >= 11 is 5.17. The summed E-state index contributed by atoms with van der Waals surface area (Å²) in [5.41, 5.74) is 6.62. The van der Waals surface area contributed by atoms with E-state index in [0.717, 1.165) is 16.5 Å². The number of nitrogens with zero attached hydrogens (tertiary/aromatic N) is 1. The Morgan fingerprint density at radius 1 is 1.47 bits per heavy atom. The fourth-order valence-corrected chi connectivity index (χ4v) is 2.97. The van der Waals surface area contributed by atoms with Crippen molar-refractivity contribution in [3.63, 3.8) is 0 Å². The number of halogens is 1. The maximum Gasteiger partial charge on any atom is 0.232 e. The number of carbonyl (C=O) groups excluding carboxylic acids is 1. The molecule has 3 nitrogen and oxygen atoms in total. The molecule has 5 heteroatoms. The predicted molar refractivity (Wildman–Crippen MR) is 86.2 cm³/mol. The van der Waals surface area contributed by atoms with E-state index < -0.39 is 0 Å². The van der Waals surface area contributed by atoms with Gasteiger partial charge in [-0.05, 0) is 24.6 Å². The molecule has 0 aliphatic heterocycles. The number of amides is 1. The van der Waals surface area contributed by atoms with E-state index in [9.17, 15) is 4.79 Å². The first-order valence-electron chi connectivity index (χ1n) is 6.33. The van der Waals surface area contributed by atoms with Gasteiger partial charge in [-0.3, -0.25) is 4.79 Å². The smallest absolute Gasteiger partial charge is 0.232 e. The van der Waals surface area contributed by atoms with E-state index in [4.69, 9.17) is 5.73 Å². The molecule has 0 fully saturated rings. The Balaban J connectivity index is 2.43. The lowest BCUT2D eigenvalue weighted by Crippen LogP contribution is -2.28. The number of nitrogens with two attached hydrogens (primary N) is 1. The van der Waals surface area contributed by atoms with Crippen molar-refractivity contribution in [3.05, 3.63) is 34.3 Å². The monoisotopic (exact) mass is 344 g/mol. The normalized spacial score (nSPS) is 12.2. The molecule has 0 saturated heterocycles. The minimum Gasteiger partial charge on any atom is -0.341 e. The first-order valence-corrected chi connectivity index (χ1v) is 8.17. The molecule has 0 bridgehead atoms. The second kappa shape index (κ2) is 8.61. The summed E-state index contributed by atoms with van der Waals surface area (Å²) in [6, 6.07) is 7.97. The lowest BCUT2D eigenvalue weighted by molar-refractivity contribution is -0.127. The van der Waals surface area contributed by atoms with Crippen LogP contribution in [0.2, 0.25) is 0 Å². The standard InChI is InChI=1S/C14H21BrN2OS/c1-11(7-8-16)19-10-14(18)17(2)9-12-5-3-4-6-13(12)15/h3-6,11H,7-10,16H2,1-2H3. The molecule has 0 saturated carbocycles. The van der Waals surface area contributed by atoms with Crippen LogP contribution in [-0.2, 0) is 11.3 Å². The topological polar surface area (TPSA) is 46.3 Å². The lowest BCUT2D eigenvalue weighted by Gasteiger charge is -2.19. The quantitative estimate of drug-likeness (QED) is 0.827. The van der Waals surface area contributed by atoms with Crippen LogP contribution in [-0.4, -0.2) is 35.4 Å². The van der Waals surface area contributed by atoms with Gasteiger partial charge in [-0.2, -0.15) is 0 Å². The molecule has 1 unspecified atom stereocenters. The van der Waals surface area contributed by atoms with Gasteiger partial charge >= 0.3 is 0 Å². The summed E-state index contributed by atoms with van der Waals surface area (Å²) < 4.78 is 1.04. The molecular formula is C14H21BrN2OS. The molecule has 0 aromatic heterocycles. The number of benzene rings is 1. The molecule has 1 amide bonds. The van der Waals surface area contributed by atoms with Crippen molar-refractivity contribution in [2.24, 2.45) is 5.73 Å². The van der Waals surface area contributed by atoms with Crippen LogP contribution < -0.4 is 5.73 Å². The van der Waals surface area contributed by atoms with Crippen molar-refractivity contribution < 1.29 is 4.79 Å². The van der Waals surface area contributed by atoms with E-state index in [-0.39, 0.29) is 5.91 Å². The van der Waals surface area contributed by atoms with Crippen molar-refractivity contribution in [1.29, 1.82) is 0 Å². The zero-order chi connectivity index (χ0) is 14.3. The van der Waals surface area contributed by atoms with Crippen LogP contribution in [0.25, 0.3) is 0 Å². The van der Waals surface area contributed by atoms with Gasteiger partial charge in [0.15, 0.2) is 0 Å². The molecule has 2 N–H and O–H groups in total. The van der Waals surface area contributed by atoms with Crippen molar-refractivity contribution in [2.45, 2.75) is 25.1 Å². The van der Waals surface area contributed by atoms with Gasteiger partial charge in [0.2, 0.25) is 5.91 Å². The highest BCUT2D eigenvalue weighted by Crippen LogP contribution is 2.18. The van der Waals surface area contributed by atoms with E-state index in [1.165, 1.54) is 0 Å². The van der Waals surface area contributed by atoms with Gasteiger partial charge in [0.05, 0.1) is 5.75 Å². The van der Waals surface area contributed by atoms with E-state index in [0.29, 0.717) is 24.1 Å². The van der Waals surface area contributed by atoms with Crippen molar-refractivity contribution >= 4 is 33.6 Å². The summed E-state index contributed by atoms with van der Waals surface area (Å²) in [6.45, 7) is 3.42. The Bertz CT molecular complexity index is 414. The molecule has 1 aromatic rings. The molecule has 106 valence electrons. The first-order chi connectivity index (χ1) is 9.04. The van der Waals surface area contributed by atoms with Crippen molar-refractivity contribution in [3.8, 4) is 0 Å². The Kier molecular flexibility index (Phi) is 7.49. The summed E-state index contributed by atoms with van der Waals surface area (Å²) in [7, 11) is 1.84. The maximum atomic E-state index is 12.0. The molecule has 1 atom stereocenters. The number of rotatable bonds is 7. The molecule has 0 aliphatic rings. The third-order valence-electron chi connectivity index (χ3n) is 2.86. The van der Waals surface area contributed by atoms with Gasteiger partial charge < -0.3 is 10.6 Å². The highest BCUT2D eigenvalue weighted by Gasteiger charge is 2.12. The SMILES string of the molecule is CC(CCN)SCC(=O)N(C)Cc1ccccc1Br. The molecule has 0 spiro atoms. The van der Waals surface area contributed by atoms with Crippen molar-refractivity contribution in [2.75, 3.05) is 19.3 Å². The Labute approximate surface area is 128 Å². The van der Waals surface area contributed by atoms with Crippen LogP contribution in [0.4, 0.5) is 0 Å². The maximum absolute atomic E-state index is 12.0. The van der Waals surface area contributed by atoms with Crippen LogP contribution in [0.3, 0.4) is 0 Å². The summed E-state index contributed by atoms with van der Waals surface area (Å²) in [5, 5.41) is 0.436. The van der Waals surface area contributed by atoms with Gasteiger partial charge in [0, 0.05) is 23.3 Å². The van der Waals surface area contributed by atoms with Gasteiger partial charge in [-0.15, -0.1) is 11.8 Å². The predicted octanol–water partition coefficient (Wildman–Crippen LogP) is 2.88. The van der Waals surface area contributed by atoms with Gasteiger partial charge in [0.25, 0.3) is 0 Å². The fraction of sp³-hybridized carbons (Fsp3) is 0.500. The summed E-state index contributed by atoms with van der Waals surface area (Å²) in [6.07, 6.45) is 0.950. The minimum absolute atomic E-state index is 0.157. The molecule has 19 heavy (non-hydrogen) atoms. The van der Waals surface area contributed by atoms with Crippen LogP contribution in [0.1, 0.15) is 18.9 Å². The second-order valence-corrected chi connectivity index (χ2v) is 6.82. The van der Waals surface area contributed by atoms with Crippen LogP contribution in [0, 0.1) is 0 Å². The van der Waals surface area contributed by atoms with Crippen LogP contribution >= 0.6 is 27.7 Å². The zero-order valence-corrected chi connectivity index (χ0v) is 13.8. The third kappa shape index (κ3) is 5.97. The number of carbonyl (C=O) groups is 1. The van der Waals surface area contributed by atoms with E-state index in [1.54, 1.807) is 16.7 Å². The Hall–Kier alpha value is -0.520. The molecule has 0 radical (unpaired) electrons. The average molecular weight is 345 g/mol.